The van der Waals surface area contributed by atoms with Crippen molar-refractivity contribution in [2.24, 2.45) is 0 Å². The molecule has 0 saturated heterocycles. The Morgan fingerprint density at radius 2 is 2.09 bits per heavy atom. The largest absolute Gasteiger partial charge is 0.463 e. The molecule has 120 valence electrons. The molecule has 0 fully saturated rings. The zero-order chi connectivity index (χ0) is 16.5. The second kappa shape index (κ2) is 6.45. The second-order valence-corrected chi connectivity index (χ2v) is 7.13. The summed E-state index contributed by atoms with van der Waals surface area (Å²) in [7, 11) is -2.41. The SMILES string of the molecule is CCOC(=O)C1=CNS(=O)(=O)N(C)C1c1ccc(Cl)cc1Cl. The van der Waals surface area contributed by atoms with Crippen molar-refractivity contribution in [1.82, 2.24) is 9.03 Å². The van der Waals surface area contributed by atoms with Crippen LogP contribution in [0.15, 0.2) is 30.0 Å². The smallest absolute Gasteiger partial charge is 0.337 e. The van der Waals surface area contributed by atoms with Crippen LogP contribution in [0.1, 0.15) is 18.5 Å². The van der Waals surface area contributed by atoms with Gasteiger partial charge in [0.05, 0.1) is 18.2 Å². The normalized spacial score (nSPS) is 20.9. The average Bonchev–Trinajstić information content (AvgIpc) is 2.43. The first-order valence-corrected chi connectivity index (χ1v) is 8.55. The molecule has 2 rings (SSSR count). The molecule has 1 unspecified atom stereocenters. The number of rotatable bonds is 3. The molecule has 1 heterocycles. The highest BCUT2D eigenvalue weighted by molar-refractivity contribution is 7.87. The molecule has 0 spiro atoms. The first kappa shape index (κ1) is 17.1. The van der Waals surface area contributed by atoms with Gasteiger partial charge in [0.15, 0.2) is 0 Å². The summed E-state index contributed by atoms with van der Waals surface area (Å²) in [6.45, 7) is 1.84. The zero-order valence-electron chi connectivity index (χ0n) is 11.8. The van der Waals surface area contributed by atoms with Crippen molar-refractivity contribution in [2.45, 2.75) is 13.0 Å². The summed E-state index contributed by atoms with van der Waals surface area (Å²) < 4.78 is 32.2. The fourth-order valence-electron chi connectivity index (χ4n) is 2.11. The first-order valence-electron chi connectivity index (χ1n) is 6.35. The van der Waals surface area contributed by atoms with Gasteiger partial charge in [-0.3, -0.25) is 4.72 Å². The summed E-state index contributed by atoms with van der Waals surface area (Å²) in [6.07, 6.45) is 1.13. The minimum Gasteiger partial charge on any atom is -0.463 e. The van der Waals surface area contributed by atoms with E-state index in [1.807, 2.05) is 0 Å². The minimum absolute atomic E-state index is 0.142. The molecule has 9 heteroatoms. The van der Waals surface area contributed by atoms with Crippen LogP contribution in [0.3, 0.4) is 0 Å². The summed E-state index contributed by atoms with van der Waals surface area (Å²) in [6, 6.07) is 3.76. The van der Waals surface area contributed by atoms with Crippen LogP contribution < -0.4 is 4.72 Å². The van der Waals surface area contributed by atoms with Gasteiger partial charge in [0, 0.05) is 23.3 Å². The Labute approximate surface area is 138 Å². The number of carbonyl (C=O) groups is 1. The van der Waals surface area contributed by atoms with E-state index in [9.17, 15) is 13.2 Å². The Morgan fingerprint density at radius 3 is 2.68 bits per heavy atom. The molecule has 1 aliphatic rings. The number of carbonyl (C=O) groups excluding carboxylic acids is 1. The number of halogens is 2. The van der Waals surface area contributed by atoms with Crippen LogP contribution in [0.25, 0.3) is 0 Å². The predicted molar refractivity (Wildman–Crippen MR) is 83.7 cm³/mol. The average molecular weight is 365 g/mol. The van der Waals surface area contributed by atoms with Crippen molar-refractivity contribution in [3.05, 3.63) is 45.6 Å². The third-order valence-corrected chi connectivity index (χ3v) is 5.12. The number of nitrogens with zero attached hydrogens (tertiary/aromatic N) is 1. The Kier molecular flexibility index (Phi) is 5.01. The number of nitrogens with one attached hydrogen (secondary N) is 1. The highest BCUT2D eigenvalue weighted by Crippen LogP contribution is 2.37. The highest BCUT2D eigenvalue weighted by atomic mass is 35.5. The van der Waals surface area contributed by atoms with Gasteiger partial charge in [0.2, 0.25) is 0 Å². The van der Waals surface area contributed by atoms with E-state index in [4.69, 9.17) is 27.9 Å². The summed E-state index contributed by atoms with van der Waals surface area (Å²) in [5.74, 6) is -0.618. The minimum atomic E-state index is -3.76. The monoisotopic (exact) mass is 364 g/mol. The molecule has 0 bridgehead atoms. The molecular formula is C13H14Cl2N2O4S. The van der Waals surface area contributed by atoms with Crippen LogP contribution in [0.4, 0.5) is 0 Å². The van der Waals surface area contributed by atoms with Gasteiger partial charge in [-0.25, -0.2) is 4.79 Å². The van der Waals surface area contributed by atoms with Crippen molar-refractivity contribution >= 4 is 39.4 Å². The quantitative estimate of drug-likeness (QED) is 0.834. The summed E-state index contributed by atoms with van der Waals surface area (Å²) >= 11 is 12.0. The summed E-state index contributed by atoms with van der Waals surface area (Å²) in [5, 5.41) is 0.673. The predicted octanol–water partition coefficient (Wildman–Crippen LogP) is 2.26. The third kappa shape index (κ3) is 3.22. The van der Waals surface area contributed by atoms with Crippen LogP contribution in [0.2, 0.25) is 10.0 Å². The molecule has 0 aromatic heterocycles. The van der Waals surface area contributed by atoms with Crippen LogP contribution in [0.5, 0.6) is 0 Å². The van der Waals surface area contributed by atoms with Crippen molar-refractivity contribution in [2.75, 3.05) is 13.7 Å². The molecule has 1 atom stereocenters. The Morgan fingerprint density at radius 1 is 1.41 bits per heavy atom. The summed E-state index contributed by atoms with van der Waals surface area (Å²) in [4.78, 5) is 12.1. The Balaban J connectivity index is 2.57. The lowest BCUT2D eigenvalue weighted by Gasteiger charge is -2.32. The first-order chi connectivity index (χ1) is 10.3. The van der Waals surface area contributed by atoms with Crippen LogP contribution in [-0.4, -0.2) is 32.3 Å². The molecular weight excluding hydrogens is 351 g/mol. The van der Waals surface area contributed by atoms with Crippen molar-refractivity contribution < 1.29 is 17.9 Å². The van der Waals surface area contributed by atoms with Gasteiger partial charge in [-0.05, 0) is 24.6 Å². The number of ether oxygens (including phenoxy) is 1. The number of hydrogen-bond donors (Lipinski definition) is 1. The second-order valence-electron chi connectivity index (χ2n) is 4.53. The molecule has 0 radical (unpaired) electrons. The van der Waals surface area contributed by atoms with Gasteiger partial charge < -0.3 is 4.74 Å². The molecule has 1 N–H and O–H groups in total. The number of hydrogen-bond acceptors (Lipinski definition) is 4. The van der Waals surface area contributed by atoms with E-state index in [1.54, 1.807) is 19.1 Å². The third-order valence-electron chi connectivity index (χ3n) is 3.17. The van der Waals surface area contributed by atoms with E-state index < -0.39 is 22.2 Å². The van der Waals surface area contributed by atoms with Gasteiger partial charge in [-0.2, -0.15) is 12.7 Å². The lowest BCUT2D eigenvalue weighted by molar-refractivity contribution is -0.139. The van der Waals surface area contributed by atoms with Crippen molar-refractivity contribution in [3.63, 3.8) is 0 Å². The van der Waals surface area contributed by atoms with Gasteiger partial charge >= 0.3 is 16.2 Å². The molecule has 1 aromatic carbocycles. The lowest BCUT2D eigenvalue weighted by atomic mass is 9.99. The van der Waals surface area contributed by atoms with E-state index >= 15 is 0 Å². The fourth-order valence-corrected chi connectivity index (χ4v) is 3.56. The maximum Gasteiger partial charge on any atom is 0.337 e. The molecule has 0 aliphatic carbocycles. The van der Waals surface area contributed by atoms with E-state index in [-0.39, 0.29) is 17.2 Å². The van der Waals surface area contributed by atoms with Gasteiger partial charge in [0.25, 0.3) is 0 Å². The van der Waals surface area contributed by atoms with Crippen molar-refractivity contribution in [1.29, 1.82) is 0 Å². The Bertz CT molecular complexity index is 734. The maximum atomic E-state index is 12.1. The molecule has 6 nitrogen and oxygen atoms in total. The van der Waals surface area contributed by atoms with E-state index in [0.717, 1.165) is 10.5 Å². The lowest BCUT2D eigenvalue weighted by Crippen LogP contribution is -2.44. The maximum absolute atomic E-state index is 12.1. The molecule has 0 amide bonds. The number of benzene rings is 1. The van der Waals surface area contributed by atoms with Gasteiger partial charge in [0.1, 0.15) is 0 Å². The zero-order valence-corrected chi connectivity index (χ0v) is 14.2. The van der Waals surface area contributed by atoms with E-state index in [0.29, 0.717) is 10.6 Å². The van der Waals surface area contributed by atoms with Gasteiger partial charge in [-0.15, -0.1) is 0 Å². The van der Waals surface area contributed by atoms with Crippen LogP contribution in [-0.2, 0) is 19.7 Å². The fraction of sp³-hybridized carbons (Fsp3) is 0.308. The molecule has 22 heavy (non-hydrogen) atoms. The van der Waals surface area contributed by atoms with Crippen LogP contribution in [0, 0.1) is 0 Å². The number of esters is 1. The van der Waals surface area contributed by atoms with Crippen molar-refractivity contribution in [3.8, 4) is 0 Å². The van der Waals surface area contributed by atoms with Crippen LogP contribution >= 0.6 is 23.2 Å². The highest BCUT2D eigenvalue weighted by Gasteiger charge is 2.38. The Hall–Kier alpha value is -1.28. The van der Waals surface area contributed by atoms with E-state index in [2.05, 4.69) is 4.72 Å². The molecule has 1 aromatic rings. The topological polar surface area (TPSA) is 75.7 Å². The van der Waals surface area contributed by atoms with Gasteiger partial charge in [-0.1, -0.05) is 29.3 Å². The summed E-state index contributed by atoms with van der Waals surface area (Å²) in [5.41, 5.74) is 0.585. The van der Waals surface area contributed by atoms with E-state index in [1.165, 1.54) is 13.1 Å². The number of likely N-dealkylation sites (N-methyl/N-ethyl adjacent to an activating group) is 1. The molecule has 1 aliphatic heterocycles. The molecule has 0 saturated carbocycles. The standard InChI is InChI=1S/C13H14Cl2N2O4S/c1-3-21-13(18)10-7-16-22(19,20)17(2)12(10)9-5-4-8(14)6-11(9)15/h4-7,12,16H,3H2,1-2H3.